The van der Waals surface area contributed by atoms with Crippen LogP contribution >= 0.6 is 23.2 Å². The van der Waals surface area contributed by atoms with E-state index in [-0.39, 0.29) is 5.02 Å². The van der Waals surface area contributed by atoms with Gasteiger partial charge in [-0.1, -0.05) is 23.2 Å². The molecule has 1 N–H and O–H groups in total. The normalized spacial score (nSPS) is 11.8. The Labute approximate surface area is 80.3 Å². The lowest BCUT2D eigenvalue weighted by molar-refractivity contribution is -0.141. The van der Waals surface area contributed by atoms with Gasteiger partial charge >= 0.3 is 6.18 Å². The van der Waals surface area contributed by atoms with Gasteiger partial charge in [-0.05, 0) is 0 Å². The van der Waals surface area contributed by atoms with Crippen LogP contribution in [0.2, 0.25) is 10.0 Å². The van der Waals surface area contributed by atoms with Crippen LogP contribution in [0.1, 0.15) is 5.69 Å². The minimum Gasteiger partial charge on any atom is -0.355 e. The van der Waals surface area contributed by atoms with Crippen molar-refractivity contribution in [2.75, 3.05) is 0 Å². The first-order valence-corrected chi connectivity index (χ1v) is 3.73. The molecule has 0 aliphatic rings. The summed E-state index contributed by atoms with van der Waals surface area (Å²) in [5.74, 6) is 0. The number of hydrogen-bond donors (Lipinski definition) is 1. The molecular formula is C6H2Cl2F3NO. The first-order chi connectivity index (χ1) is 5.84. The van der Waals surface area contributed by atoms with Gasteiger partial charge in [-0.25, -0.2) is 0 Å². The highest BCUT2D eigenvalue weighted by Gasteiger charge is 2.35. The molecule has 0 fully saturated rings. The number of hydrogen-bond acceptors (Lipinski definition) is 1. The fourth-order valence-corrected chi connectivity index (χ4v) is 1.15. The third-order valence-corrected chi connectivity index (χ3v) is 1.90. The van der Waals surface area contributed by atoms with Crippen molar-refractivity contribution in [1.82, 2.24) is 4.98 Å². The molecule has 72 valence electrons. The SMILES string of the molecule is O=c1c(Cl)c[nH]c(C(F)(F)F)c1Cl. The Morgan fingerprint density at radius 2 is 1.85 bits per heavy atom. The summed E-state index contributed by atoms with van der Waals surface area (Å²) in [5.41, 5.74) is -2.32. The van der Waals surface area contributed by atoms with Crippen molar-refractivity contribution in [2.24, 2.45) is 0 Å². The lowest BCUT2D eigenvalue weighted by Gasteiger charge is -2.07. The van der Waals surface area contributed by atoms with Crippen LogP contribution in [0.4, 0.5) is 13.2 Å². The third-order valence-electron chi connectivity index (χ3n) is 1.26. The second kappa shape index (κ2) is 3.23. The molecule has 2 nitrogen and oxygen atoms in total. The quantitative estimate of drug-likeness (QED) is 0.732. The van der Waals surface area contributed by atoms with Gasteiger partial charge in [0.1, 0.15) is 15.7 Å². The van der Waals surface area contributed by atoms with E-state index in [2.05, 4.69) is 0 Å². The van der Waals surface area contributed by atoms with E-state index in [0.29, 0.717) is 0 Å². The molecule has 0 aliphatic carbocycles. The van der Waals surface area contributed by atoms with Crippen LogP contribution in [-0.2, 0) is 6.18 Å². The van der Waals surface area contributed by atoms with Crippen LogP contribution in [-0.4, -0.2) is 4.98 Å². The summed E-state index contributed by atoms with van der Waals surface area (Å²) in [6.07, 6.45) is -3.93. The summed E-state index contributed by atoms with van der Waals surface area (Å²) in [6.45, 7) is 0. The predicted octanol–water partition coefficient (Wildman–Crippen LogP) is 2.70. The first-order valence-electron chi connectivity index (χ1n) is 2.98. The summed E-state index contributed by atoms with van der Waals surface area (Å²) in [5, 5.41) is -1.32. The van der Waals surface area contributed by atoms with Crippen molar-refractivity contribution in [2.45, 2.75) is 6.18 Å². The molecular weight excluding hydrogens is 230 g/mol. The molecule has 13 heavy (non-hydrogen) atoms. The highest BCUT2D eigenvalue weighted by atomic mass is 35.5. The smallest absolute Gasteiger partial charge is 0.355 e. The molecule has 1 aromatic rings. The first kappa shape index (κ1) is 10.4. The topological polar surface area (TPSA) is 32.9 Å². The Kier molecular flexibility index (Phi) is 2.58. The number of nitrogens with one attached hydrogen (secondary N) is 1. The lowest BCUT2D eigenvalue weighted by atomic mass is 10.3. The van der Waals surface area contributed by atoms with Gasteiger partial charge in [0.05, 0.1) is 0 Å². The Bertz CT molecular complexity index is 384. The van der Waals surface area contributed by atoms with E-state index in [4.69, 9.17) is 23.2 Å². The average molecular weight is 232 g/mol. The Balaban J connectivity index is 3.44. The maximum Gasteiger partial charge on any atom is 0.432 e. The van der Waals surface area contributed by atoms with Gasteiger partial charge in [0, 0.05) is 6.20 Å². The van der Waals surface area contributed by atoms with E-state index in [1.165, 1.54) is 0 Å². The van der Waals surface area contributed by atoms with Crippen molar-refractivity contribution in [3.8, 4) is 0 Å². The van der Waals surface area contributed by atoms with Crippen molar-refractivity contribution < 1.29 is 13.2 Å². The summed E-state index contributed by atoms with van der Waals surface area (Å²) in [6, 6.07) is 0. The molecule has 1 aromatic heterocycles. The highest BCUT2D eigenvalue weighted by Crippen LogP contribution is 2.31. The van der Waals surface area contributed by atoms with Crippen molar-refractivity contribution >= 4 is 23.2 Å². The van der Waals surface area contributed by atoms with Crippen LogP contribution in [0.15, 0.2) is 11.0 Å². The van der Waals surface area contributed by atoms with Gasteiger partial charge in [-0.15, -0.1) is 0 Å². The van der Waals surface area contributed by atoms with E-state index in [0.717, 1.165) is 6.20 Å². The molecule has 0 radical (unpaired) electrons. The van der Waals surface area contributed by atoms with E-state index in [1.807, 2.05) is 0 Å². The Morgan fingerprint density at radius 3 is 2.31 bits per heavy atom. The zero-order valence-electron chi connectivity index (χ0n) is 5.88. The molecule has 1 heterocycles. The number of rotatable bonds is 0. The van der Waals surface area contributed by atoms with Gasteiger partial charge in [0.25, 0.3) is 0 Å². The molecule has 0 atom stereocenters. The fourth-order valence-electron chi connectivity index (χ4n) is 0.689. The van der Waals surface area contributed by atoms with E-state index < -0.39 is 22.3 Å². The van der Waals surface area contributed by atoms with Gasteiger partial charge in [-0.3, -0.25) is 4.79 Å². The second-order valence-corrected chi connectivity index (χ2v) is 2.94. The van der Waals surface area contributed by atoms with Gasteiger partial charge < -0.3 is 4.98 Å². The largest absolute Gasteiger partial charge is 0.432 e. The second-order valence-electron chi connectivity index (χ2n) is 2.15. The fraction of sp³-hybridized carbons (Fsp3) is 0.167. The molecule has 0 unspecified atom stereocenters. The van der Waals surface area contributed by atoms with E-state index >= 15 is 0 Å². The highest BCUT2D eigenvalue weighted by molar-refractivity contribution is 6.34. The molecule has 0 aliphatic heterocycles. The minimum atomic E-state index is -4.68. The monoisotopic (exact) mass is 231 g/mol. The van der Waals surface area contributed by atoms with Crippen molar-refractivity contribution in [1.29, 1.82) is 0 Å². The molecule has 0 saturated heterocycles. The Morgan fingerprint density at radius 1 is 1.31 bits per heavy atom. The van der Waals surface area contributed by atoms with Gasteiger partial charge in [0.2, 0.25) is 5.43 Å². The summed E-state index contributed by atoms with van der Waals surface area (Å²) in [4.78, 5) is 12.6. The number of H-pyrrole nitrogens is 1. The van der Waals surface area contributed by atoms with Gasteiger partial charge in [0.15, 0.2) is 0 Å². The maximum atomic E-state index is 12.1. The zero-order chi connectivity index (χ0) is 10.2. The molecule has 0 amide bonds. The van der Waals surface area contributed by atoms with Crippen LogP contribution in [0.5, 0.6) is 0 Å². The summed E-state index contributed by atoms with van der Waals surface area (Å²) >= 11 is 10.4. The zero-order valence-corrected chi connectivity index (χ0v) is 7.39. The number of pyridine rings is 1. The molecule has 0 aromatic carbocycles. The maximum absolute atomic E-state index is 12.1. The Hall–Kier alpha value is -0.680. The van der Waals surface area contributed by atoms with Crippen LogP contribution in [0.3, 0.4) is 0 Å². The standard InChI is InChI=1S/C6H2Cl2F3NO/c7-2-1-12-5(6(9,10)11)3(8)4(2)13/h1H,(H,12,13). The molecule has 1 rings (SSSR count). The van der Waals surface area contributed by atoms with Crippen LogP contribution < -0.4 is 5.43 Å². The van der Waals surface area contributed by atoms with Crippen LogP contribution in [0, 0.1) is 0 Å². The lowest BCUT2D eigenvalue weighted by Crippen LogP contribution is -2.15. The van der Waals surface area contributed by atoms with E-state index in [9.17, 15) is 18.0 Å². The van der Waals surface area contributed by atoms with E-state index in [1.54, 1.807) is 4.98 Å². The molecule has 7 heteroatoms. The summed E-state index contributed by atoms with van der Waals surface area (Å²) < 4.78 is 36.2. The minimum absolute atomic E-state index is 0.377. The van der Waals surface area contributed by atoms with Crippen molar-refractivity contribution in [3.63, 3.8) is 0 Å². The van der Waals surface area contributed by atoms with Crippen LogP contribution in [0.25, 0.3) is 0 Å². The number of aromatic amines is 1. The number of halogens is 5. The predicted molar refractivity (Wildman–Crippen MR) is 42.1 cm³/mol. The average Bonchev–Trinajstić information content (AvgIpc) is 1.98. The third kappa shape index (κ3) is 1.97. The molecule has 0 bridgehead atoms. The van der Waals surface area contributed by atoms with Gasteiger partial charge in [-0.2, -0.15) is 13.2 Å². The number of alkyl halides is 3. The molecule has 0 spiro atoms. The van der Waals surface area contributed by atoms with Crippen molar-refractivity contribution in [3.05, 3.63) is 32.2 Å². The molecule has 0 saturated carbocycles. The summed E-state index contributed by atoms with van der Waals surface area (Å²) in [7, 11) is 0. The number of aromatic nitrogens is 1.